The Balaban J connectivity index is 1.45. The fourth-order valence-electron chi connectivity index (χ4n) is 4.26. The molecule has 0 amide bonds. The second kappa shape index (κ2) is 8.61. The van der Waals surface area contributed by atoms with Gasteiger partial charge in [0.15, 0.2) is 5.82 Å². The number of rotatable bonds is 5. The number of hydrogen-bond acceptors (Lipinski definition) is 5. The monoisotopic (exact) mass is 444 g/mol. The van der Waals surface area contributed by atoms with Crippen LogP contribution in [0.5, 0.6) is 5.88 Å². The van der Waals surface area contributed by atoms with Crippen molar-refractivity contribution in [3.63, 3.8) is 0 Å². The van der Waals surface area contributed by atoms with E-state index in [2.05, 4.69) is 9.97 Å². The average molecular weight is 445 g/mol. The molecule has 8 heteroatoms. The van der Waals surface area contributed by atoms with Crippen molar-refractivity contribution in [2.45, 2.75) is 39.2 Å². The van der Waals surface area contributed by atoms with E-state index in [1.54, 1.807) is 13.4 Å². The van der Waals surface area contributed by atoms with Gasteiger partial charge in [-0.3, -0.25) is 0 Å². The van der Waals surface area contributed by atoms with Crippen LogP contribution >= 0.6 is 0 Å². The van der Waals surface area contributed by atoms with Crippen LogP contribution in [0.3, 0.4) is 0 Å². The summed E-state index contributed by atoms with van der Waals surface area (Å²) in [5, 5.41) is 4.70. The Bertz CT molecular complexity index is 1320. The van der Waals surface area contributed by atoms with Crippen molar-refractivity contribution in [2.24, 2.45) is 0 Å². The number of allylic oxidation sites excluding steroid dienone is 1. The van der Waals surface area contributed by atoms with Crippen LogP contribution in [0, 0.1) is 12.7 Å². The van der Waals surface area contributed by atoms with Gasteiger partial charge >= 0.3 is 0 Å². The molecular formula is C25H25FN6O. The lowest BCUT2D eigenvalue weighted by Gasteiger charge is -2.22. The van der Waals surface area contributed by atoms with Gasteiger partial charge in [-0.25, -0.2) is 24.0 Å². The Morgan fingerprint density at radius 1 is 1.15 bits per heavy atom. The SMILES string of the molecule is COc1nc(C(C)=Cc2nc3n(n2)CCCC3c2ccc(F)cc2)ccc1-n1cnc(C)c1. The predicted octanol–water partition coefficient (Wildman–Crippen LogP) is 4.80. The molecule has 0 saturated heterocycles. The molecule has 4 heterocycles. The summed E-state index contributed by atoms with van der Waals surface area (Å²) in [7, 11) is 1.61. The van der Waals surface area contributed by atoms with Crippen LogP contribution in [-0.4, -0.2) is 36.4 Å². The Hall–Kier alpha value is -3.81. The third-order valence-corrected chi connectivity index (χ3v) is 5.94. The molecule has 1 atom stereocenters. The minimum absolute atomic E-state index is 0.116. The number of fused-ring (bicyclic) bond motifs is 1. The van der Waals surface area contributed by atoms with Gasteiger partial charge in [0.1, 0.15) is 17.3 Å². The maximum Gasteiger partial charge on any atom is 0.238 e. The first-order chi connectivity index (χ1) is 16.0. The Labute approximate surface area is 191 Å². The molecule has 0 saturated carbocycles. The van der Waals surface area contributed by atoms with Crippen LogP contribution in [0.2, 0.25) is 0 Å². The lowest BCUT2D eigenvalue weighted by molar-refractivity contribution is 0.395. The average Bonchev–Trinajstić information content (AvgIpc) is 3.44. The van der Waals surface area contributed by atoms with E-state index < -0.39 is 0 Å². The number of aromatic nitrogens is 6. The highest BCUT2D eigenvalue weighted by Crippen LogP contribution is 2.32. The first-order valence-electron chi connectivity index (χ1n) is 11.0. The normalized spacial score (nSPS) is 16.0. The minimum Gasteiger partial charge on any atom is -0.479 e. The zero-order chi connectivity index (χ0) is 22.9. The summed E-state index contributed by atoms with van der Waals surface area (Å²) in [6.45, 7) is 4.76. The van der Waals surface area contributed by atoms with Crippen molar-refractivity contribution in [3.8, 4) is 11.6 Å². The number of hydrogen-bond donors (Lipinski definition) is 0. The van der Waals surface area contributed by atoms with Crippen LogP contribution < -0.4 is 4.74 Å². The highest BCUT2D eigenvalue weighted by Gasteiger charge is 2.25. The molecule has 0 N–H and O–H groups in total. The Morgan fingerprint density at radius 2 is 1.97 bits per heavy atom. The van der Waals surface area contributed by atoms with E-state index in [0.29, 0.717) is 11.7 Å². The molecule has 1 aromatic carbocycles. The van der Waals surface area contributed by atoms with Gasteiger partial charge < -0.3 is 9.30 Å². The molecule has 5 rings (SSSR count). The molecule has 7 nitrogen and oxygen atoms in total. The number of nitrogens with zero attached hydrogens (tertiary/aromatic N) is 6. The molecule has 0 bridgehead atoms. The van der Waals surface area contributed by atoms with Crippen LogP contribution in [0.25, 0.3) is 17.3 Å². The van der Waals surface area contributed by atoms with E-state index in [-0.39, 0.29) is 11.7 Å². The van der Waals surface area contributed by atoms with Gasteiger partial charge in [-0.05, 0) is 68.2 Å². The highest BCUT2D eigenvalue weighted by molar-refractivity contribution is 5.77. The largest absolute Gasteiger partial charge is 0.479 e. The first kappa shape index (κ1) is 21.1. The molecular weight excluding hydrogens is 419 g/mol. The Morgan fingerprint density at radius 3 is 2.70 bits per heavy atom. The topological polar surface area (TPSA) is 70.7 Å². The molecule has 33 heavy (non-hydrogen) atoms. The van der Waals surface area contributed by atoms with E-state index in [1.165, 1.54) is 12.1 Å². The fraction of sp³-hybridized carbons (Fsp3) is 0.280. The van der Waals surface area contributed by atoms with Gasteiger partial charge in [0.25, 0.3) is 0 Å². The van der Waals surface area contributed by atoms with Crippen molar-refractivity contribution >= 4 is 11.6 Å². The fourth-order valence-corrected chi connectivity index (χ4v) is 4.26. The van der Waals surface area contributed by atoms with E-state index in [1.807, 2.05) is 59.6 Å². The number of imidazole rings is 1. The Kier molecular flexibility index (Phi) is 5.50. The van der Waals surface area contributed by atoms with Gasteiger partial charge in [0.2, 0.25) is 5.88 Å². The van der Waals surface area contributed by atoms with Gasteiger partial charge in [0, 0.05) is 18.7 Å². The summed E-state index contributed by atoms with van der Waals surface area (Å²) < 4.78 is 22.8. The van der Waals surface area contributed by atoms with Gasteiger partial charge in [-0.1, -0.05) is 12.1 Å². The van der Waals surface area contributed by atoms with Crippen molar-refractivity contribution in [2.75, 3.05) is 7.11 Å². The summed E-state index contributed by atoms with van der Waals surface area (Å²) in [6.07, 6.45) is 7.60. The summed E-state index contributed by atoms with van der Waals surface area (Å²) >= 11 is 0. The van der Waals surface area contributed by atoms with Crippen molar-refractivity contribution in [1.29, 1.82) is 0 Å². The molecule has 0 fully saturated rings. The molecule has 0 spiro atoms. The second-order valence-corrected chi connectivity index (χ2v) is 8.27. The molecule has 3 aromatic heterocycles. The van der Waals surface area contributed by atoms with Gasteiger partial charge in [-0.15, -0.1) is 0 Å². The van der Waals surface area contributed by atoms with E-state index in [9.17, 15) is 4.39 Å². The van der Waals surface area contributed by atoms with Crippen LogP contribution in [0.1, 0.15) is 54.3 Å². The van der Waals surface area contributed by atoms with E-state index in [0.717, 1.165) is 53.4 Å². The van der Waals surface area contributed by atoms with Crippen molar-refractivity contribution in [1.82, 2.24) is 29.3 Å². The maximum atomic E-state index is 13.4. The standard InChI is InChI=1S/C25H25FN6O/c1-16(21-10-11-22(25(28-21)33-3)31-14-17(2)27-15-31)13-23-29-24-20(5-4-12-32(24)30-23)18-6-8-19(26)9-7-18/h6-11,13-15,20H,4-5,12H2,1-3H3. The molecule has 1 aliphatic rings. The highest BCUT2D eigenvalue weighted by atomic mass is 19.1. The summed E-state index contributed by atoms with van der Waals surface area (Å²) in [5.74, 6) is 1.97. The summed E-state index contributed by atoms with van der Waals surface area (Å²) in [5.41, 5.74) is 4.53. The quantitative estimate of drug-likeness (QED) is 0.442. The van der Waals surface area contributed by atoms with Crippen molar-refractivity contribution in [3.05, 3.63) is 83.3 Å². The van der Waals surface area contributed by atoms with Crippen LogP contribution in [0.4, 0.5) is 4.39 Å². The van der Waals surface area contributed by atoms with Gasteiger partial charge in [0.05, 0.1) is 24.8 Å². The number of benzene rings is 1. The zero-order valence-corrected chi connectivity index (χ0v) is 18.9. The number of methoxy groups -OCH3 is 1. The first-order valence-corrected chi connectivity index (χ1v) is 11.0. The van der Waals surface area contributed by atoms with E-state index in [4.69, 9.17) is 14.8 Å². The molecule has 1 unspecified atom stereocenters. The molecule has 4 aromatic rings. The second-order valence-electron chi connectivity index (χ2n) is 8.27. The number of pyridine rings is 1. The number of ether oxygens (including phenoxy) is 1. The van der Waals surface area contributed by atoms with Crippen molar-refractivity contribution < 1.29 is 9.13 Å². The number of aryl methyl sites for hydroxylation is 2. The van der Waals surface area contributed by atoms with Gasteiger partial charge in [-0.2, -0.15) is 5.10 Å². The summed E-state index contributed by atoms with van der Waals surface area (Å²) in [6, 6.07) is 10.6. The molecule has 0 radical (unpaired) electrons. The molecule has 0 aliphatic carbocycles. The summed E-state index contributed by atoms with van der Waals surface area (Å²) in [4.78, 5) is 13.8. The molecule has 1 aliphatic heterocycles. The third-order valence-electron chi connectivity index (χ3n) is 5.94. The zero-order valence-electron chi connectivity index (χ0n) is 18.9. The maximum absolute atomic E-state index is 13.4. The lowest BCUT2D eigenvalue weighted by Crippen LogP contribution is -2.17. The minimum atomic E-state index is -0.229. The lowest BCUT2D eigenvalue weighted by atomic mass is 9.91. The van der Waals surface area contributed by atoms with Crippen LogP contribution in [-0.2, 0) is 6.54 Å². The predicted molar refractivity (Wildman–Crippen MR) is 124 cm³/mol. The molecule has 168 valence electrons. The third kappa shape index (κ3) is 4.16. The smallest absolute Gasteiger partial charge is 0.238 e. The number of halogens is 1. The van der Waals surface area contributed by atoms with Crippen LogP contribution in [0.15, 0.2) is 48.9 Å². The van der Waals surface area contributed by atoms with E-state index >= 15 is 0 Å².